The number of hydrogen-bond donors (Lipinski definition) is 0. The second-order valence-electron chi connectivity index (χ2n) is 4.58. The molecule has 0 heterocycles. The summed E-state index contributed by atoms with van der Waals surface area (Å²) in [6, 6.07) is 3.16. The van der Waals surface area contributed by atoms with E-state index in [1.54, 1.807) is 12.1 Å². The smallest absolute Gasteiger partial charge is 0.377 e. The van der Waals surface area contributed by atoms with Gasteiger partial charge < -0.3 is 14.2 Å². The molecule has 0 atom stereocenters. The van der Waals surface area contributed by atoms with Gasteiger partial charge in [0, 0.05) is 0 Å². The first kappa shape index (κ1) is 15.4. The van der Waals surface area contributed by atoms with E-state index in [1.165, 1.54) is 21.3 Å². The largest absolute Gasteiger partial charge is 0.493 e. The Morgan fingerprint density at radius 2 is 1.62 bits per heavy atom. The molecule has 21 heavy (non-hydrogen) atoms. The van der Waals surface area contributed by atoms with Crippen LogP contribution in [0.3, 0.4) is 0 Å². The van der Waals surface area contributed by atoms with E-state index in [2.05, 4.69) is 0 Å². The molecule has 0 aliphatic heterocycles. The van der Waals surface area contributed by atoms with Gasteiger partial charge in [-0.05, 0) is 25.0 Å². The van der Waals surface area contributed by atoms with Crippen molar-refractivity contribution in [2.75, 3.05) is 21.3 Å². The van der Waals surface area contributed by atoms with Gasteiger partial charge in [0.05, 0.1) is 21.3 Å². The van der Waals surface area contributed by atoms with Crippen LogP contribution in [0.1, 0.15) is 36.0 Å². The Kier molecular flexibility index (Phi) is 5.27. The van der Waals surface area contributed by atoms with Gasteiger partial charge in [-0.15, -0.1) is 0 Å². The lowest BCUT2D eigenvalue weighted by molar-refractivity contribution is -0.234. The minimum absolute atomic E-state index is 0.216. The van der Waals surface area contributed by atoms with E-state index in [4.69, 9.17) is 24.0 Å². The maximum absolute atomic E-state index is 12.1. The highest BCUT2D eigenvalue weighted by atomic mass is 17.2. The van der Waals surface area contributed by atoms with Gasteiger partial charge in [0.15, 0.2) is 11.5 Å². The zero-order valence-corrected chi connectivity index (χ0v) is 12.4. The summed E-state index contributed by atoms with van der Waals surface area (Å²) in [5.74, 6) is 0.425. The van der Waals surface area contributed by atoms with Crippen LogP contribution in [-0.2, 0) is 9.78 Å². The SMILES string of the molecule is COc1ccc(C(=O)OO[C]2CCCC2)c(OC)c1OC. The van der Waals surface area contributed by atoms with Crippen molar-refractivity contribution in [2.24, 2.45) is 0 Å². The molecule has 1 aliphatic rings. The van der Waals surface area contributed by atoms with Crippen molar-refractivity contribution in [1.82, 2.24) is 0 Å². The van der Waals surface area contributed by atoms with Crippen LogP contribution in [-0.4, -0.2) is 27.3 Å². The zero-order chi connectivity index (χ0) is 15.2. The van der Waals surface area contributed by atoms with E-state index in [1.807, 2.05) is 0 Å². The van der Waals surface area contributed by atoms with E-state index in [-0.39, 0.29) is 11.3 Å². The summed E-state index contributed by atoms with van der Waals surface area (Å²) in [5.41, 5.74) is 0.216. The first-order chi connectivity index (χ1) is 10.2. The van der Waals surface area contributed by atoms with Gasteiger partial charge in [0.25, 0.3) is 0 Å². The molecule has 2 rings (SSSR count). The molecular formula is C15H19O6. The second kappa shape index (κ2) is 7.17. The van der Waals surface area contributed by atoms with Crippen molar-refractivity contribution in [1.29, 1.82) is 0 Å². The number of methoxy groups -OCH3 is 3. The molecule has 0 N–H and O–H groups in total. The summed E-state index contributed by atoms with van der Waals surface area (Å²) in [6.45, 7) is 0. The number of carbonyl (C=O) groups excluding carboxylic acids is 1. The normalized spacial score (nSPS) is 14.8. The van der Waals surface area contributed by atoms with E-state index >= 15 is 0 Å². The molecule has 1 fully saturated rings. The van der Waals surface area contributed by atoms with Gasteiger partial charge in [0.1, 0.15) is 11.7 Å². The molecule has 0 unspecified atom stereocenters. The van der Waals surface area contributed by atoms with E-state index in [9.17, 15) is 4.79 Å². The summed E-state index contributed by atoms with van der Waals surface area (Å²) in [4.78, 5) is 22.1. The van der Waals surface area contributed by atoms with Crippen LogP contribution in [0.25, 0.3) is 0 Å². The number of hydrogen-bond acceptors (Lipinski definition) is 6. The lowest BCUT2D eigenvalue weighted by atomic mass is 10.1. The molecule has 1 radical (unpaired) electrons. The molecule has 1 aliphatic carbocycles. The monoisotopic (exact) mass is 295 g/mol. The highest BCUT2D eigenvalue weighted by molar-refractivity contribution is 5.93. The Labute approximate surface area is 123 Å². The number of rotatable bonds is 6. The molecule has 115 valence electrons. The fourth-order valence-electron chi connectivity index (χ4n) is 2.26. The van der Waals surface area contributed by atoms with Gasteiger partial charge in [-0.25, -0.2) is 4.79 Å². The van der Waals surface area contributed by atoms with E-state index in [0.29, 0.717) is 11.5 Å². The Balaban J connectivity index is 2.15. The summed E-state index contributed by atoms with van der Waals surface area (Å²) >= 11 is 0. The highest BCUT2D eigenvalue weighted by Gasteiger charge is 2.25. The van der Waals surface area contributed by atoms with Crippen LogP contribution in [0.5, 0.6) is 17.2 Å². The zero-order valence-electron chi connectivity index (χ0n) is 12.4. The molecule has 1 aromatic carbocycles. The average Bonchev–Trinajstić information content (AvgIpc) is 3.04. The first-order valence-electron chi connectivity index (χ1n) is 6.73. The predicted octanol–water partition coefficient (Wildman–Crippen LogP) is 2.91. The maximum Gasteiger partial charge on any atom is 0.377 e. The molecule has 0 bridgehead atoms. The Morgan fingerprint density at radius 1 is 0.952 bits per heavy atom. The Bertz CT molecular complexity index is 493. The quantitative estimate of drug-likeness (QED) is 0.594. The third-order valence-corrected chi connectivity index (χ3v) is 3.32. The van der Waals surface area contributed by atoms with Gasteiger partial charge in [-0.1, -0.05) is 12.8 Å². The third-order valence-electron chi connectivity index (χ3n) is 3.32. The summed E-state index contributed by atoms with van der Waals surface area (Å²) in [5, 5.41) is 0. The number of benzene rings is 1. The number of ether oxygens (including phenoxy) is 3. The first-order valence-corrected chi connectivity index (χ1v) is 6.73. The average molecular weight is 295 g/mol. The van der Waals surface area contributed by atoms with E-state index < -0.39 is 5.97 Å². The van der Waals surface area contributed by atoms with Crippen LogP contribution in [0.15, 0.2) is 12.1 Å². The topological polar surface area (TPSA) is 63.2 Å². The molecule has 1 aromatic rings. The Morgan fingerprint density at radius 3 is 2.19 bits per heavy atom. The van der Waals surface area contributed by atoms with E-state index in [0.717, 1.165) is 31.8 Å². The maximum atomic E-state index is 12.1. The van der Waals surface area contributed by atoms with Crippen LogP contribution >= 0.6 is 0 Å². The molecule has 0 amide bonds. The lowest BCUT2D eigenvalue weighted by Crippen LogP contribution is -2.10. The molecule has 0 spiro atoms. The molecular weight excluding hydrogens is 276 g/mol. The van der Waals surface area contributed by atoms with Crippen molar-refractivity contribution in [3.63, 3.8) is 0 Å². The van der Waals surface area contributed by atoms with Gasteiger partial charge in [-0.3, -0.25) is 4.89 Å². The van der Waals surface area contributed by atoms with Crippen molar-refractivity contribution >= 4 is 5.97 Å². The van der Waals surface area contributed by atoms with Crippen molar-refractivity contribution in [3.05, 3.63) is 23.8 Å². The van der Waals surface area contributed by atoms with Crippen molar-refractivity contribution in [2.45, 2.75) is 25.7 Å². The van der Waals surface area contributed by atoms with Gasteiger partial charge in [-0.2, -0.15) is 4.89 Å². The fraction of sp³-hybridized carbons (Fsp3) is 0.467. The molecule has 6 nitrogen and oxygen atoms in total. The number of carbonyl (C=O) groups is 1. The molecule has 0 aromatic heterocycles. The standard InChI is InChI=1S/C15H19O6/c1-17-12-9-8-11(13(18-2)14(12)19-3)15(16)21-20-10-6-4-5-7-10/h8-9H,4-7H2,1-3H3. The highest BCUT2D eigenvalue weighted by Crippen LogP contribution is 2.40. The minimum atomic E-state index is -0.632. The Hall–Kier alpha value is -1.95. The minimum Gasteiger partial charge on any atom is -0.493 e. The molecule has 1 saturated carbocycles. The van der Waals surface area contributed by atoms with Crippen molar-refractivity contribution < 1.29 is 28.8 Å². The van der Waals surface area contributed by atoms with Crippen LogP contribution in [0.2, 0.25) is 0 Å². The summed E-state index contributed by atoms with van der Waals surface area (Å²) in [7, 11) is 4.43. The van der Waals surface area contributed by atoms with Crippen LogP contribution < -0.4 is 14.2 Å². The fourth-order valence-corrected chi connectivity index (χ4v) is 2.26. The van der Waals surface area contributed by atoms with Gasteiger partial charge in [0.2, 0.25) is 5.75 Å². The molecule has 6 heteroatoms. The van der Waals surface area contributed by atoms with Gasteiger partial charge >= 0.3 is 5.97 Å². The third kappa shape index (κ3) is 3.39. The summed E-state index contributed by atoms with van der Waals surface area (Å²) in [6.07, 6.45) is 4.58. The van der Waals surface area contributed by atoms with Crippen LogP contribution in [0, 0.1) is 6.10 Å². The summed E-state index contributed by atoms with van der Waals surface area (Å²) < 4.78 is 15.6. The van der Waals surface area contributed by atoms with Crippen LogP contribution in [0.4, 0.5) is 0 Å². The predicted molar refractivity (Wildman–Crippen MR) is 74.3 cm³/mol. The lowest BCUT2D eigenvalue weighted by Gasteiger charge is -2.15. The van der Waals surface area contributed by atoms with Crippen molar-refractivity contribution in [3.8, 4) is 17.2 Å². The second-order valence-corrected chi connectivity index (χ2v) is 4.58. The molecule has 0 saturated heterocycles.